The van der Waals surface area contributed by atoms with Gasteiger partial charge in [0.25, 0.3) is 0 Å². The van der Waals surface area contributed by atoms with Gasteiger partial charge in [-0.1, -0.05) is 55.0 Å². The number of rotatable bonds is 6. The first-order chi connectivity index (χ1) is 17.3. The van der Waals surface area contributed by atoms with Gasteiger partial charge in [-0.3, -0.25) is 9.80 Å². The molecule has 2 aromatic carbocycles. The molecule has 7 nitrogen and oxygen atoms in total. The molecular formula is C28H33N7. The lowest BCUT2D eigenvalue weighted by Gasteiger charge is -2.34. The summed E-state index contributed by atoms with van der Waals surface area (Å²) >= 11 is 0. The van der Waals surface area contributed by atoms with E-state index >= 15 is 0 Å². The van der Waals surface area contributed by atoms with Crippen LogP contribution < -0.4 is 0 Å². The van der Waals surface area contributed by atoms with Gasteiger partial charge in [-0.15, -0.1) is 10.2 Å². The summed E-state index contributed by atoms with van der Waals surface area (Å²) in [5.74, 6) is 2.32. The molecular weight excluding hydrogens is 434 g/mol. The third-order valence-corrected chi connectivity index (χ3v) is 7.27. The first kappa shape index (κ1) is 22.2. The van der Waals surface area contributed by atoms with Crippen molar-refractivity contribution in [1.82, 2.24) is 34.3 Å². The minimum absolute atomic E-state index is 0.905. The fraction of sp³-hybridized carbons (Fsp3) is 0.393. The molecule has 2 aliphatic rings. The highest BCUT2D eigenvalue weighted by atomic mass is 15.3. The van der Waals surface area contributed by atoms with Gasteiger partial charge in [0.05, 0.1) is 17.9 Å². The predicted octanol–water partition coefficient (Wildman–Crippen LogP) is 4.18. The van der Waals surface area contributed by atoms with E-state index in [-0.39, 0.29) is 0 Å². The Morgan fingerprint density at radius 2 is 1.40 bits per heavy atom. The molecule has 0 radical (unpaired) electrons. The van der Waals surface area contributed by atoms with Crippen LogP contribution in [0.5, 0.6) is 0 Å². The molecule has 6 rings (SSSR count). The van der Waals surface area contributed by atoms with Crippen LogP contribution in [0.2, 0.25) is 0 Å². The second-order valence-electron chi connectivity index (χ2n) is 9.70. The first-order valence-electron chi connectivity index (χ1n) is 12.9. The Morgan fingerprint density at radius 1 is 0.686 bits per heavy atom. The standard InChI is InChI=1S/C28H33N7/c1-4-10-23(11-5-1)28-24(21-35(31-28)25-12-6-2-7-13-25)20-32-16-18-33(19-17-32)22-27-30-29-26-14-8-3-9-15-34(26)27/h1-2,4-7,10-13,21H,3,8-9,14-20,22H2. The summed E-state index contributed by atoms with van der Waals surface area (Å²) in [6.45, 7) is 7.08. The average Bonchev–Trinajstić information content (AvgIpc) is 3.42. The monoisotopic (exact) mass is 467 g/mol. The Morgan fingerprint density at radius 3 is 2.17 bits per heavy atom. The van der Waals surface area contributed by atoms with E-state index in [9.17, 15) is 0 Å². The second kappa shape index (κ2) is 10.1. The molecule has 0 N–H and O–H groups in total. The highest BCUT2D eigenvalue weighted by molar-refractivity contribution is 5.63. The van der Waals surface area contributed by atoms with Crippen molar-refractivity contribution >= 4 is 0 Å². The van der Waals surface area contributed by atoms with Gasteiger partial charge in [0.2, 0.25) is 0 Å². The van der Waals surface area contributed by atoms with Gasteiger partial charge in [0.15, 0.2) is 0 Å². The van der Waals surface area contributed by atoms with E-state index in [2.05, 4.69) is 85.4 Å². The van der Waals surface area contributed by atoms with Gasteiger partial charge < -0.3 is 4.57 Å². The molecule has 4 aromatic rings. The van der Waals surface area contributed by atoms with Crippen molar-refractivity contribution in [2.45, 2.75) is 45.3 Å². The highest BCUT2D eigenvalue weighted by Gasteiger charge is 2.23. The van der Waals surface area contributed by atoms with Crippen molar-refractivity contribution in [2.75, 3.05) is 26.2 Å². The largest absolute Gasteiger partial charge is 0.314 e. The summed E-state index contributed by atoms with van der Waals surface area (Å²) in [6, 6.07) is 20.9. The summed E-state index contributed by atoms with van der Waals surface area (Å²) < 4.78 is 4.40. The van der Waals surface area contributed by atoms with Crippen molar-refractivity contribution in [3.63, 3.8) is 0 Å². The molecule has 0 saturated carbocycles. The zero-order valence-electron chi connectivity index (χ0n) is 20.3. The number of fused-ring (bicyclic) bond motifs is 1. The van der Waals surface area contributed by atoms with Crippen molar-refractivity contribution in [3.05, 3.63) is 84.1 Å². The number of nitrogens with zero attached hydrogens (tertiary/aromatic N) is 7. The van der Waals surface area contributed by atoms with Crippen LogP contribution in [0.3, 0.4) is 0 Å². The number of benzene rings is 2. The van der Waals surface area contributed by atoms with Gasteiger partial charge >= 0.3 is 0 Å². The van der Waals surface area contributed by atoms with Crippen molar-refractivity contribution in [2.24, 2.45) is 0 Å². The van der Waals surface area contributed by atoms with E-state index in [4.69, 9.17) is 5.10 Å². The summed E-state index contributed by atoms with van der Waals surface area (Å²) in [4.78, 5) is 5.09. The van der Waals surface area contributed by atoms with Gasteiger partial charge in [0, 0.05) is 63.0 Å². The molecule has 0 spiro atoms. The maximum atomic E-state index is 4.99. The summed E-state index contributed by atoms with van der Waals surface area (Å²) in [7, 11) is 0. The van der Waals surface area contributed by atoms with Crippen LogP contribution in [0.25, 0.3) is 16.9 Å². The van der Waals surface area contributed by atoms with Gasteiger partial charge in [-0.2, -0.15) is 5.10 Å². The third kappa shape index (κ3) is 4.92. The van der Waals surface area contributed by atoms with Crippen molar-refractivity contribution in [3.8, 4) is 16.9 Å². The predicted molar refractivity (Wildman–Crippen MR) is 137 cm³/mol. The number of aromatic nitrogens is 5. The molecule has 35 heavy (non-hydrogen) atoms. The van der Waals surface area contributed by atoms with E-state index in [1.807, 2.05) is 10.7 Å². The summed E-state index contributed by atoms with van der Waals surface area (Å²) in [5, 5.41) is 14.0. The fourth-order valence-electron chi connectivity index (χ4n) is 5.29. The summed E-state index contributed by atoms with van der Waals surface area (Å²) in [6.07, 6.45) is 7.05. The number of aryl methyl sites for hydroxylation is 1. The molecule has 2 aliphatic heterocycles. The molecule has 0 aliphatic carbocycles. The Bertz CT molecular complexity index is 1240. The molecule has 1 saturated heterocycles. The van der Waals surface area contributed by atoms with Crippen molar-refractivity contribution < 1.29 is 0 Å². The molecule has 0 atom stereocenters. The average molecular weight is 468 g/mol. The van der Waals surface area contributed by atoms with Crippen LogP contribution in [-0.2, 0) is 26.1 Å². The van der Waals surface area contributed by atoms with Crippen molar-refractivity contribution in [1.29, 1.82) is 0 Å². The molecule has 0 bridgehead atoms. The lowest BCUT2D eigenvalue weighted by atomic mass is 10.1. The number of piperazine rings is 1. The third-order valence-electron chi connectivity index (χ3n) is 7.27. The number of para-hydroxylation sites is 1. The van der Waals surface area contributed by atoms with E-state index < -0.39 is 0 Å². The van der Waals surface area contributed by atoms with E-state index in [0.29, 0.717) is 0 Å². The Balaban J connectivity index is 1.14. The van der Waals surface area contributed by atoms with Gasteiger partial charge in [0.1, 0.15) is 11.6 Å². The molecule has 0 unspecified atom stereocenters. The Labute approximate surface area is 207 Å². The van der Waals surface area contributed by atoms with Gasteiger partial charge in [-0.05, 0) is 25.0 Å². The lowest BCUT2D eigenvalue weighted by molar-refractivity contribution is 0.119. The highest BCUT2D eigenvalue weighted by Crippen LogP contribution is 2.25. The van der Waals surface area contributed by atoms with Crippen LogP contribution >= 0.6 is 0 Å². The normalized spacial score (nSPS) is 17.3. The molecule has 2 aromatic heterocycles. The van der Waals surface area contributed by atoms with Crippen LogP contribution in [-0.4, -0.2) is 60.5 Å². The van der Waals surface area contributed by atoms with Gasteiger partial charge in [-0.25, -0.2) is 4.68 Å². The second-order valence-corrected chi connectivity index (χ2v) is 9.70. The molecule has 7 heteroatoms. The van der Waals surface area contributed by atoms with Crippen LogP contribution in [0.15, 0.2) is 66.9 Å². The zero-order chi connectivity index (χ0) is 23.5. The van der Waals surface area contributed by atoms with Crippen LogP contribution in [0.1, 0.15) is 36.5 Å². The smallest absolute Gasteiger partial charge is 0.147 e. The first-order valence-corrected chi connectivity index (χ1v) is 12.9. The zero-order valence-corrected chi connectivity index (χ0v) is 20.3. The molecule has 180 valence electrons. The van der Waals surface area contributed by atoms with Crippen LogP contribution in [0, 0.1) is 0 Å². The minimum Gasteiger partial charge on any atom is -0.314 e. The molecule has 1 fully saturated rings. The Hall–Kier alpha value is -3.29. The maximum absolute atomic E-state index is 4.99. The maximum Gasteiger partial charge on any atom is 0.147 e. The quantitative estimate of drug-likeness (QED) is 0.426. The minimum atomic E-state index is 0.905. The molecule has 0 amide bonds. The van der Waals surface area contributed by atoms with Crippen LogP contribution in [0.4, 0.5) is 0 Å². The lowest BCUT2D eigenvalue weighted by Crippen LogP contribution is -2.45. The van der Waals surface area contributed by atoms with E-state index in [0.717, 1.165) is 69.4 Å². The summed E-state index contributed by atoms with van der Waals surface area (Å²) in [5.41, 5.74) is 4.61. The number of hydrogen-bond acceptors (Lipinski definition) is 5. The van der Waals surface area contributed by atoms with E-state index in [1.165, 1.54) is 36.2 Å². The van der Waals surface area contributed by atoms with E-state index in [1.54, 1.807) is 0 Å². The Kier molecular flexibility index (Phi) is 6.43. The SMILES string of the molecule is c1ccc(-c2nn(-c3ccccc3)cc2CN2CCN(Cc3nnc4n3CCCCC4)CC2)cc1. The fourth-order valence-corrected chi connectivity index (χ4v) is 5.29. The molecule has 4 heterocycles. The number of hydrogen-bond donors (Lipinski definition) is 0. The topological polar surface area (TPSA) is 55.0 Å².